The molecule has 2 aromatic carbocycles. The maximum atomic E-state index is 13.3. The molecule has 0 aliphatic carbocycles. The van der Waals surface area contributed by atoms with E-state index in [-0.39, 0.29) is 24.8 Å². The molecule has 3 aromatic rings. The van der Waals surface area contributed by atoms with E-state index in [1.54, 1.807) is 11.8 Å². The number of aromatic nitrogens is 4. The number of hydrogen-bond donors (Lipinski definition) is 0. The van der Waals surface area contributed by atoms with Crippen molar-refractivity contribution in [2.24, 2.45) is 0 Å². The summed E-state index contributed by atoms with van der Waals surface area (Å²) in [4.78, 5) is 17.5. The lowest BCUT2D eigenvalue weighted by molar-refractivity contribution is 0.0635. The average Bonchev–Trinajstić information content (AvgIpc) is 3.57. The molecule has 10 heteroatoms. The lowest BCUT2D eigenvalue weighted by Gasteiger charge is -2.35. The highest BCUT2D eigenvalue weighted by molar-refractivity contribution is 5.95. The van der Waals surface area contributed by atoms with Gasteiger partial charge in [0.15, 0.2) is 17.3 Å². The molecule has 0 radical (unpaired) electrons. The van der Waals surface area contributed by atoms with Gasteiger partial charge in [0, 0.05) is 30.3 Å². The number of methoxy groups -OCH3 is 1. The van der Waals surface area contributed by atoms with E-state index in [1.807, 2.05) is 42.3 Å². The van der Waals surface area contributed by atoms with Gasteiger partial charge in [0.05, 0.1) is 12.8 Å². The van der Waals surface area contributed by atoms with Crippen LogP contribution in [-0.2, 0) is 6.42 Å². The van der Waals surface area contributed by atoms with Crippen LogP contribution in [0.15, 0.2) is 30.3 Å². The van der Waals surface area contributed by atoms with Gasteiger partial charge in [-0.2, -0.15) is 4.68 Å². The van der Waals surface area contributed by atoms with Crippen molar-refractivity contribution in [1.29, 1.82) is 0 Å². The summed E-state index contributed by atoms with van der Waals surface area (Å²) in [5, 5.41) is 12.8. The number of rotatable bonds is 4. The van der Waals surface area contributed by atoms with Gasteiger partial charge < -0.3 is 19.1 Å². The van der Waals surface area contributed by atoms with Crippen molar-refractivity contribution >= 4 is 5.91 Å². The summed E-state index contributed by atoms with van der Waals surface area (Å²) >= 11 is 0. The van der Waals surface area contributed by atoms with E-state index in [4.69, 9.17) is 14.2 Å². The minimum absolute atomic E-state index is 0.0492. The molecule has 4 heterocycles. The lowest BCUT2D eigenvalue weighted by atomic mass is 9.90. The maximum absolute atomic E-state index is 13.3. The Bertz CT molecular complexity index is 1310. The van der Waals surface area contributed by atoms with Crippen molar-refractivity contribution in [3.8, 4) is 22.9 Å². The first-order valence-corrected chi connectivity index (χ1v) is 12.5. The molecule has 1 fully saturated rings. The normalized spacial score (nSPS) is 21.4. The number of benzene rings is 2. The van der Waals surface area contributed by atoms with Gasteiger partial charge in [-0.1, -0.05) is 6.07 Å². The van der Waals surface area contributed by atoms with E-state index in [1.165, 1.54) is 6.42 Å². The quantitative estimate of drug-likeness (QED) is 0.551. The van der Waals surface area contributed by atoms with Crippen LogP contribution in [0.4, 0.5) is 0 Å². The van der Waals surface area contributed by atoms with Crippen LogP contribution in [0.5, 0.6) is 17.2 Å². The van der Waals surface area contributed by atoms with Gasteiger partial charge in [-0.15, -0.1) is 5.10 Å². The second-order valence-corrected chi connectivity index (χ2v) is 9.69. The predicted molar refractivity (Wildman–Crippen MR) is 131 cm³/mol. The topological polar surface area (TPSA) is 94.8 Å². The molecule has 0 bridgehead atoms. The first-order chi connectivity index (χ1) is 17.6. The van der Waals surface area contributed by atoms with Crippen molar-refractivity contribution in [1.82, 2.24) is 30.0 Å². The van der Waals surface area contributed by atoms with E-state index >= 15 is 0 Å². The molecule has 1 aromatic heterocycles. The first-order valence-electron chi connectivity index (χ1n) is 12.5. The van der Waals surface area contributed by atoms with E-state index in [2.05, 4.69) is 27.3 Å². The molecule has 0 N–H and O–H groups in total. The van der Waals surface area contributed by atoms with Gasteiger partial charge in [-0.05, 0) is 79.9 Å². The summed E-state index contributed by atoms with van der Waals surface area (Å²) in [5.74, 6) is 2.65. The van der Waals surface area contributed by atoms with Gasteiger partial charge in [0.25, 0.3) is 5.91 Å². The standard InChI is InChI=1S/C26H30N6O4/c1-16-7-4-5-11-31(16)26(33)18-8-6-9-19(13-18)32-25(27-28-29-32)22-21-17(10-12-30(22)2)14-20-23(24(21)34-3)36-15-35-20/h6,8-9,13-14,16,22H,4-5,7,10-12,15H2,1-3H3/t16-,22+/m1/s1. The monoisotopic (exact) mass is 490 g/mol. The fraction of sp³-hybridized carbons (Fsp3) is 0.462. The average molecular weight is 491 g/mol. The Morgan fingerprint density at radius 2 is 2.06 bits per heavy atom. The zero-order chi connectivity index (χ0) is 24.8. The molecule has 10 nitrogen and oxygen atoms in total. The second kappa shape index (κ2) is 9.09. The van der Waals surface area contributed by atoms with Crippen molar-refractivity contribution < 1.29 is 19.0 Å². The summed E-state index contributed by atoms with van der Waals surface area (Å²) in [5.41, 5.74) is 3.48. The molecule has 1 saturated heterocycles. The molecule has 3 aliphatic rings. The van der Waals surface area contributed by atoms with Gasteiger partial charge >= 0.3 is 0 Å². The molecule has 0 saturated carbocycles. The fourth-order valence-corrected chi connectivity index (χ4v) is 5.64. The number of amides is 1. The summed E-state index contributed by atoms with van der Waals surface area (Å²) < 4.78 is 19.0. The number of tetrazole rings is 1. The minimum Gasteiger partial charge on any atom is -0.492 e. The van der Waals surface area contributed by atoms with Crippen LogP contribution >= 0.6 is 0 Å². The second-order valence-electron chi connectivity index (χ2n) is 9.69. The maximum Gasteiger partial charge on any atom is 0.254 e. The summed E-state index contributed by atoms with van der Waals surface area (Å²) in [6.45, 7) is 3.90. The molecule has 188 valence electrons. The zero-order valence-electron chi connectivity index (χ0n) is 20.8. The van der Waals surface area contributed by atoms with Crippen LogP contribution in [0.25, 0.3) is 5.69 Å². The molecular weight excluding hydrogens is 460 g/mol. The lowest BCUT2D eigenvalue weighted by Crippen LogP contribution is -2.42. The molecular formula is C26H30N6O4. The van der Waals surface area contributed by atoms with Crippen LogP contribution in [0.3, 0.4) is 0 Å². The first kappa shape index (κ1) is 22.8. The molecule has 0 spiro atoms. The van der Waals surface area contributed by atoms with Gasteiger partial charge in [-0.25, -0.2) is 0 Å². The highest BCUT2D eigenvalue weighted by atomic mass is 16.7. The van der Waals surface area contributed by atoms with Crippen LogP contribution in [0, 0.1) is 0 Å². The Hall–Kier alpha value is -3.66. The summed E-state index contributed by atoms with van der Waals surface area (Å²) in [6, 6.07) is 9.57. The highest BCUT2D eigenvalue weighted by Gasteiger charge is 2.38. The summed E-state index contributed by atoms with van der Waals surface area (Å²) in [7, 11) is 3.69. The van der Waals surface area contributed by atoms with Gasteiger partial charge in [0.1, 0.15) is 6.04 Å². The molecule has 0 unspecified atom stereocenters. The molecule has 3 aliphatic heterocycles. The van der Waals surface area contributed by atoms with Crippen molar-refractivity contribution in [3.05, 3.63) is 52.8 Å². The highest BCUT2D eigenvalue weighted by Crippen LogP contribution is 2.50. The minimum atomic E-state index is -0.269. The van der Waals surface area contributed by atoms with E-state index in [0.29, 0.717) is 28.6 Å². The Balaban J connectivity index is 1.41. The number of hydrogen-bond acceptors (Lipinski definition) is 8. The Labute approximate surface area is 209 Å². The number of carbonyl (C=O) groups excluding carboxylic acids is 1. The molecule has 2 atom stereocenters. The van der Waals surface area contributed by atoms with E-state index in [9.17, 15) is 4.79 Å². The van der Waals surface area contributed by atoms with Crippen LogP contribution in [0.1, 0.15) is 59.5 Å². The number of carbonyl (C=O) groups is 1. The van der Waals surface area contributed by atoms with Crippen molar-refractivity contribution in [2.45, 2.75) is 44.7 Å². The molecule has 1 amide bonds. The Kier molecular flexibility index (Phi) is 5.75. The van der Waals surface area contributed by atoms with E-state index < -0.39 is 0 Å². The Morgan fingerprint density at radius 3 is 2.89 bits per heavy atom. The fourth-order valence-electron chi connectivity index (χ4n) is 5.64. The number of likely N-dealkylation sites (tertiary alicyclic amines) is 1. The summed E-state index contributed by atoms with van der Waals surface area (Å²) in [6.07, 6.45) is 4.09. The van der Waals surface area contributed by atoms with E-state index in [0.717, 1.165) is 49.2 Å². The predicted octanol–water partition coefficient (Wildman–Crippen LogP) is 2.99. The molecule has 36 heavy (non-hydrogen) atoms. The smallest absolute Gasteiger partial charge is 0.254 e. The van der Waals surface area contributed by atoms with Crippen molar-refractivity contribution in [2.75, 3.05) is 34.0 Å². The SMILES string of the molecule is COc1c2c(cc3c1[C@@H](c1nnnn1-c1cccc(C(=O)N4CCCC[C@H]4C)c1)N(C)CC3)OCO2. The van der Waals surface area contributed by atoms with Gasteiger partial charge in [-0.3, -0.25) is 9.69 Å². The third-order valence-electron chi connectivity index (χ3n) is 7.54. The molecule has 6 rings (SSSR count). The Morgan fingerprint density at radius 1 is 1.17 bits per heavy atom. The number of piperidine rings is 1. The number of ether oxygens (including phenoxy) is 3. The van der Waals surface area contributed by atoms with Crippen LogP contribution < -0.4 is 14.2 Å². The number of likely N-dealkylation sites (N-methyl/N-ethyl adjacent to an activating group) is 1. The number of fused-ring (bicyclic) bond motifs is 2. The van der Waals surface area contributed by atoms with Crippen molar-refractivity contribution in [3.63, 3.8) is 0 Å². The third-order valence-corrected chi connectivity index (χ3v) is 7.54. The number of nitrogens with zero attached hydrogens (tertiary/aromatic N) is 6. The van der Waals surface area contributed by atoms with Crippen LogP contribution in [0.2, 0.25) is 0 Å². The largest absolute Gasteiger partial charge is 0.492 e. The third kappa shape index (κ3) is 3.67. The van der Waals surface area contributed by atoms with Gasteiger partial charge in [0.2, 0.25) is 12.5 Å². The van der Waals surface area contributed by atoms with Crippen LogP contribution in [-0.4, -0.2) is 76.0 Å². The zero-order valence-corrected chi connectivity index (χ0v) is 20.8.